The zero-order chi connectivity index (χ0) is 28.3. The van der Waals surface area contributed by atoms with Crippen LogP contribution in [0.1, 0.15) is 57.4 Å². The van der Waals surface area contributed by atoms with Crippen molar-refractivity contribution in [2.45, 2.75) is 95.2 Å². The highest BCUT2D eigenvalue weighted by Crippen LogP contribution is 2.61. The Kier molecular flexibility index (Phi) is 7.22. The van der Waals surface area contributed by atoms with Crippen molar-refractivity contribution in [3.63, 3.8) is 0 Å². The summed E-state index contributed by atoms with van der Waals surface area (Å²) in [5.41, 5.74) is 0.498. The van der Waals surface area contributed by atoms with Crippen molar-refractivity contribution >= 4 is 11.9 Å². The van der Waals surface area contributed by atoms with E-state index in [0.29, 0.717) is 18.2 Å². The number of aromatic amines is 1. The average Bonchev–Trinajstić information content (AvgIpc) is 3.50. The summed E-state index contributed by atoms with van der Waals surface area (Å²) < 4.78 is 24.9. The van der Waals surface area contributed by atoms with Gasteiger partial charge in [-0.2, -0.15) is 0 Å². The van der Waals surface area contributed by atoms with E-state index in [2.05, 4.69) is 49.3 Å². The van der Waals surface area contributed by atoms with Gasteiger partial charge in [0, 0.05) is 55.0 Å². The van der Waals surface area contributed by atoms with Crippen LogP contribution in [0.25, 0.3) is 0 Å². The molecule has 0 aromatic carbocycles. The molecule has 4 bridgehead atoms. The van der Waals surface area contributed by atoms with Gasteiger partial charge in [0.15, 0.2) is 6.10 Å². The van der Waals surface area contributed by atoms with Gasteiger partial charge < -0.3 is 34.4 Å². The van der Waals surface area contributed by atoms with E-state index in [1.165, 1.54) is 7.11 Å². The molecule has 6 rings (SSSR count). The number of aliphatic hydroxyl groups excluding tert-OH is 1. The number of carbonyl (C=O) groups is 2. The highest BCUT2D eigenvalue weighted by molar-refractivity contribution is 5.87. The van der Waals surface area contributed by atoms with Gasteiger partial charge in [-0.15, -0.1) is 0 Å². The molecule has 3 aliphatic carbocycles. The van der Waals surface area contributed by atoms with Gasteiger partial charge in [-0.3, -0.25) is 0 Å². The summed E-state index contributed by atoms with van der Waals surface area (Å²) >= 11 is 0. The van der Waals surface area contributed by atoms with Crippen LogP contribution >= 0.6 is 0 Å². The molecule has 3 N–H and O–H groups in total. The fourth-order valence-electron chi connectivity index (χ4n) is 7.88. The molecule has 3 fully saturated rings. The smallest absolute Gasteiger partial charge is 0.355 e. The minimum absolute atomic E-state index is 0.0362. The van der Waals surface area contributed by atoms with Gasteiger partial charge in [0.25, 0.3) is 0 Å². The molecule has 2 aliphatic heterocycles. The van der Waals surface area contributed by atoms with Gasteiger partial charge in [-0.25, -0.2) is 9.59 Å². The van der Waals surface area contributed by atoms with E-state index < -0.39 is 36.0 Å². The predicted molar refractivity (Wildman–Crippen MR) is 146 cm³/mol. The van der Waals surface area contributed by atoms with Crippen molar-refractivity contribution in [2.24, 2.45) is 29.6 Å². The monoisotopic (exact) mass is 554 g/mol. The molecule has 9 nitrogen and oxygen atoms in total. The Morgan fingerprint density at radius 2 is 2.05 bits per heavy atom. The second kappa shape index (κ2) is 10.4. The van der Waals surface area contributed by atoms with Crippen molar-refractivity contribution in [2.75, 3.05) is 7.11 Å². The molecule has 3 heterocycles. The second-order valence-electron chi connectivity index (χ2n) is 12.6. The molecule has 0 amide bonds. The Bertz CT molecular complexity index is 1180. The number of carbonyl (C=O) groups excluding carboxylic acids is 2. The number of rotatable bonds is 6. The van der Waals surface area contributed by atoms with Crippen LogP contribution in [0.5, 0.6) is 0 Å². The molecule has 0 radical (unpaired) electrons. The average molecular weight is 555 g/mol. The third kappa shape index (κ3) is 4.46. The number of methoxy groups -OCH3 is 1. The summed E-state index contributed by atoms with van der Waals surface area (Å²) in [6, 6.07) is 3.85. The van der Waals surface area contributed by atoms with Crippen LogP contribution in [0, 0.1) is 29.6 Å². The molecule has 12 atom stereocenters. The topological polar surface area (TPSA) is 119 Å². The third-order valence-electron chi connectivity index (χ3n) is 10.0. The Morgan fingerprint density at radius 3 is 2.73 bits per heavy atom. The van der Waals surface area contributed by atoms with Crippen molar-refractivity contribution < 1.29 is 33.6 Å². The third-order valence-corrected chi connectivity index (χ3v) is 10.0. The van der Waals surface area contributed by atoms with E-state index >= 15 is 0 Å². The standard InChI is InChI=1S/C31H42N2O7/c1-15-13-16(2)31-19(14-23(37-5)30(36)38-26(15)18(4)33-20-9-10-20)8-11-21-24(31)25(34)17(3)27(28(21)40-31)39-29(35)22-7-6-12-32-22/h6-8,11-13,15,17-21,23-28,32-34H,9-10,14H2,1-5H3/b16-13+/t15-,17-,18?,19?,21-,23+,24+,25-,26?,27-,28-,31+/m1/s1. The second-order valence-corrected chi connectivity index (χ2v) is 12.6. The normalized spacial score (nSPS) is 44.6. The quantitative estimate of drug-likeness (QED) is 0.363. The molecule has 40 heavy (non-hydrogen) atoms. The van der Waals surface area contributed by atoms with Crippen molar-refractivity contribution in [1.82, 2.24) is 10.3 Å². The van der Waals surface area contributed by atoms with E-state index in [4.69, 9.17) is 18.9 Å². The Hall–Kier alpha value is -2.46. The van der Waals surface area contributed by atoms with Crippen molar-refractivity contribution in [3.8, 4) is 0 Å². The van der Waals surface area contributed by atoms with Crippen LogP contribution in [0.15, 0.2) is 42.1 Å². The number of hydrogen-bond acceptors (Lipinski definition) is 8. The molecule has 1 aromatic heterocycles. The first-order valence-corrected chi connectivity index (χ1v) is 14.7. The fraction of sp³-hybridized carbons (Fsp3) is 0.677. The first-order chi connectivity index (χ1) is 19.1. The molecule has 3 unspecified atom stereocenters. The molecule has 1 saturated heterocycles. The largest absolute Gasteiger partial charge is 0.458 e. The van der Waals surface area contributed by atoms with Crippen molar-refractivity contribution in [3.05, 3.63) is 47.8 Å². The SMILES string of the molecule is CO[C@H]1CC2C=C[C@H]3[C@H]4O[C@]2(/C(C)=C/[C@@H](C)C(C(C)NC2CC2)OC1=O)[C@@H]3[C@H](O)[C@@H](C)[C@H]4OC(=O)c1ccc[nH]1. The number of H-pyrrole nitrogens is 1. The lowest BCUT2D eigenvalue weighted by atomic mass is 9.57. The lowest BCUT2D eigenvalue weighted by Gasteiger charge is -2.49. The van der Waals surface area contributed by atoms with Crippen LogP contribution in [0.3, 0.4) is 0 Å². The number of esters is 2. The van der Waals surface area contributed by atoms with Gasteiger partial charge >= 0.3 is 11.9 Å². The van der Waals surface area contributed by atoms with Gasteiger partial charge in [-0.05, 0) is 50.8 Å². The summed E-state index contributed by atoms with van der Waals surface area (Å²) in [5.74, 6) is -1.92. The predicted octanol–water partition coefficient (Wildman–Crippen LogP) is 3.16. The number of hydrogen-bond donors (Lipinski definition) is 3. The van der Waals surface area contributed by atoms with E-state index in [1.807, 2.05) is 6.92 Å². The van der Waals surface area contributed by atoms with E-state index in [0.717, 1.165) is 18.4 Å². The van der Waals surface area contributed by atoms with E-state index in [9.17, 15) is 14.7 Å². The number of cyclic esters (lactones) is 1. The first-order valence-electron chi connectivity index (χ1n) is 14.7. The molecule has 9 heteroatoms. The minimum atomic E-state index is -0.869. The number of aromatic nitrogens is 1. The Morgan fingerprint density at radius 1 is 1.27 bits per heavy atom. The Balaban J connectivity index is 1.38. The van der Waals surface area contributed by atoms with E-state index in [-0.39, 0.29) is 47.7 Å². The molecule has 1 aromatic rings. The molecule has 2 saturated carbocycles. The number of aliphatic hydroxyl groups is 1. The zero-order valence-corrected chi connectivity index (χ0v) is 23.9. The Labute approximate surface area is 235 Å². The lowest BCUT2D eigenvalue weighted by Crippen LogP contribution is -2.57. The van der Waals surface area contributed by atoms with Crippen LogP contribution in [-0.2, 0) is 23.7 Å². The summed E-state index contributed by atoms with van der Waals surface area (Å²) in [5, 5.41) is 15.4. The highest BCUT2D eigenvalue weighted by atomic mass is 16.6. The van der Waals surface area contributed by atoms with Crippen LogP contribution in [0.4, 0.5) is 0 Å². The first kappa shape index (κ1) is 27.7. The molecule has 5 aliphatic rings. The minimum Gasteiger partial charge on any atom is -0.458 e. The van der Waals surface area contributed by atoms with Gasteiger partial charge in [0.1, 0.15) is 29.6 Å². The molecular formula is C31H42N2O7. The zero-order valence-electron chi connectivity index (χ0n) is 23.9. The molecular weight excluding hydrogens is 512 g/mol. The highest BCUT2D eigenvalue weighted by Gasteiger charge is 2.69. The molecule has 218 valence electrons. The maximum Gasteiger partial charge on any atom is 0.355 e. The maximum absolute atomic E-state index is 13.4. The fourth-order valence-corrected chi connectivity index (χ4v) is 7.88. The molecule has 1 spiro atoms. The van der Waals surface area contributed by atoms with Gasteiger partial charge in [-0.1, -0.05) is 32.1 Å². The summed E-state index contributed by atoms with van der Waals surface area (Å²) in [7, 11) is 1.54. The number of ether oxygens (including phenoxy) is 4. The lowest BCUT2D eigenvalue weighted by molar-refractivity contribution is -0.167. The van der Waals surface area contributed by atoms with E-state index in [1.54, 1.807) is 18.3 Å². The summed E-state index contributed by atoms with van der Waals surface area (Å²) in [6.45, 7) is 8.13. The van der Waals surface area contributed by atoms with Gasteiger partial charge in [0.05, 0.1) is 6.10 Å². The maximum atomic E-state index is 13.4. The summed E-state index contributed by atoms with van der Waals surface area (Å²) in [6.07, 6.45) is 7.65. The van der Waals surface area contributed by atoms with Crippen LogP contribution < -0.4 is 5.32 Å². The number of nitrogens with one attached hydrogen (secondary N) is 2. The van der Waals surface area contributed by atoms with Crippen LogP contribution in [0.2, 0.25) is 0 Å². The van der Waals surface area contributed by atoms with Crippen LogP contribution in [-0.4, -0.2) is 77.3 Å². The van der Waals surface area contributed by atoms with Crippen molar-refractivity contribution in [1.29, 1.82) is 0 Å². The van der Waals surface area contributed by atoms with Gasteiger partial charge in [0.2, 0.25) is 0 Å². The summed E-state index contributed by atoms with van der Waals surface area (Å²) in [4.78, 5) is 29.3.